The van der Waals surface area contributed by atoms with Gasteiger partial charge in [0.2, 0.25) is 0 Å². The monoisotopic (exact) mass is 418 g/mol. The molecular weight excluding hydrogens is 400 g/mol. The van der Waals surface area contributed by atoms with Crippen LogP contribution in [0.3, 0.4) is 0 Å². The lowest BCUT2D eigenvalue weighted by molar-refractivity contribution is -0.149. The zero-order valence-electron chi connectivity index (χ0n) is 15.7. The molecule has 2 aromatic carbocycles. The van der Waals surface area contributed by atoms with E-state index >= 15 is 0 Å². The van der Waals surface area contributed by atoms with Crippen LogP contribution < -0.4 is 10.1 Å². The lowest BCUT2D eigenvalue weighted by Gasteiger charge is -2.08. The highest BCUT2D eigenvalue weighted by Crippen LogP contribution is 2.29. The standard InChI is InChI=1S/C20H19ClN2O4S/c1-11-4-5-14(21)15(7-11)26-10-18(25)27-9-17(24)22-20-23-19-13(3)6-12(2)8-16(19)28-20/h4-8H,9-10H2,1-3H3,(H,22,23,24). The van der Waals surface area contributed by atoms with Gasteiger partial charge in [-0.1, -0.05) is 35.1 Å². The minimum atomic E-state index is -0.663. The third kappa shape index (κ3) is 4.99. The maximum Gasteiger partial charge on any atom is 0.344 e. The number of benzene rings is 2. The van der Waals surface area contributed by atoms with Crippen molar-refractivity contribution >= 4 is 50.2 Å². The van der Waals surface area contributed by atoms with Crippen molar-refractivity contribution in [3.8, 4) is 5.75 Å². The average molecular weight is 419 g/mol. The van der Waals surface area contributed by atoms with Gasteiger partial charge in [0.05, 0.1) is 15.2 Å². The summed E-state index contributed by atoms with van der Waals surface area (Å²) in [5.41, 5.74) is 3.99. The normalized spacial score (nSPS) is 10.7. The van der Waals surface area contributed by atoms with Crippen molar-refractivity contribution in [2.75, 3.05) is 18.5 Å². The minimum absolute atomic E-state index is 0.337. The average Bonchev–Trinajstić information content (AvgIpc) is 3.03. The van der Waals surface area contributed by atoms with E-state index in [1.807, 2.05) is 39.0 Å². The Morgan fingerprint density at radius 2 is 1.89 bits per heavy atom. The number of amides is 1. The fourth-order valence-corrected chi connectivity index (χ4v) is 3.86. The molecule has 8 heteroatoms. The Hall–Kier alpha value is -2.64. The molecular formula is C20H19ClN2O4S. The second kappa shape index (κ2) is 8.58. The van der Waals surface area contributed by atoms with Crippen LogP contribution in [-0.4, -0.2) is 30.1 Å². The second-order valence-electron chi connectivity index (χ2n) is 6.38. The van der Waals surface area contributed by atoms with E-state index in [1.54, 1.807) is 12.1 Å². The number of anilines is 1. The van der Waals surface area contributed by atoms with Gasteiger partial charge in [0, 0.05) is 0 Å². The van der Waals surface area contributed by atoms with Gasteiger partial charge in [-0.25, -0.2) is 9.78 Å². The Morgan fingerprint density at radius 3 is 2.68 bits per heavy atom. The van der Waals surface area contributed by atoms with Gasteiger partial charge in [0.25, 0.3) is 5.91 Å². The molecule has 0 fully saturated rings. The smallest absolute Gasteiger partial charge is 0.344 e. The molecule has 6 nitrogen and oxygen atoms in total. The maximum atomic E-state index is 12.0. The number of halogens is 1. The van der Waals surface area contributed by atoms with Gasteiger partial charge in [-0.05, 0) is 55.7 Å². The highest BCUT2D eigenvalue weighted by molar-refractivity contribution is 7.22. The number of thiazole rings is 1. The third-order valence-electron chi connectivity index (χ3n) is 3.87. The zero-order valence-corrected chi connectivity index (χ0v) is 17.2. The molecule has 0 spiro atoms. The van der Waals surface area contributed by atoms with Crippen molar-refractivity contribution in [3.63, 3.8) is 0 Å². The van der Waals surface area contributed by atoms with Gasteiger partial charge in [-0.2, -0.15) is 0 Å². The molecule has 0 atom stereocenters. The van der Waals surface area contributed by atoms with Crippen LogP contribution in [0.1, 0.15) is 16.7 Å². The van der Waals surface area contributed by atoms with E-state index in [2.05, 4.69) is 10.3 Å². The predicted octanol–water partition coefficient (Wildman–Crippen LogP) is 4.44. The number of ether oxygens (including phenoxy) is 2. The van der Waals surface area contributed by atoms with Crippen LogP contribution in [0.2, 0.25) is 5.02 Å². The quantitative estimate of drug-likeness (QED) is 0.599. The van der Waals surface area contributed by atoms with Gasteiger partial charge >= 0.3 is 5.97 Å². The van der Waals surface area contributed by atoms with E-state index in [9.17, 15) is 9.59 Å². The van der Waals surface area contributed by atoms with Crippen LogP contribution in [0, 0.1) is 20.8 Å². The molecule has 0 aliphatic heterocycles. The van der Waals surface area contributed by atoms with Gasteiger partial charge in [0.15, 0.2) is 18.3 Å². The summed E-state index contributed by atoms with van der Waals surface area (Å²) < 4.78 is 11.3. The van der Waals surface area contributed by atoms with Gasteiger partial charge < -0.3 is 9.47 Å². The molecule has 0 bridgehead atoms. The Morgan fingerprint density at radius 1 is 1.11 bits per heavy atom. The van der Waals surface area contributed by atoms with Gasteiger partial charge in [-0.15, -0.1) is 0 Å². The maximum absolute atomic E-state index is 12.0. The fourth-order valence-electron chi connectivity index (χ4n) is 2.62. The molecule has 0 aliphatic rings. The summed E-state index contributed by atoms with van der Waals surface area (Å²) in [6, 6.07) is 9.30. The molecule has 1 N–H and O–H groups in total. The number of hydrogen-bond acceptors (Lipinski definition) is 6. The lowest BCUT2D eigenvalue weighted by atomic mass is 10.1. The summed E-state index contributed by atoms with van der Waals surface area (Å²) in [7, 11) is 0. The highest BCUT2D eigenvalue weighted by Gasteiger charge is 2.13. The van der Waals surface area contributed by atoms with Crippen molar-refractivity contribution in [1.29, 1.82) is 0 Å². The zero-order chi connectivity index (χ0) is 20.3. The molecule has 3 rings (SSSR count). The number of fused-ring (bicyclic) bond motifs is 1. The van der Waals surface area contributed by atoms with Crippen LogP contribution in [0.5, 0.6) is 5.75 Å². The molecule has 1 aromatic heterocycles. The number of nitrogens with zero attached hydrogens (tertiary/aromatic N) is 1. The van der Waals surface area contributed by atoms with Crippen LogP contribution in [0.25, 0.3) is 10.2 Å². The third-order valence-corrected chi connectivity index (χ3v) is 5.10. The van der Waals surface area contributed by atoms with Crippen LogP contribution >= 0.6 is 22.9 Å². The van der Waals surface area contributed by atoms with Crippen molar-refractivity contribution in [2.45, 2.75) is 20.8 Å². The number of hydrogen-bond donors (Lipinski definition) is 1. The first-order valence-corrected chi connectivity index (χ1v) is 9.73. The second-order valence-corrected chi connectivity index (χ2v) is 7.82. The number of carbonyl (C=O) groups excluding carboxylic acids is 2. The number of esters is 1. The summed E-state index contributed by atoms with van der Waals surface area (Å²) in [6.07, 6.45) is 0. The summed E-state index contributed by atoms with van der Waals surface area (Å²) >= 11 is 7.38. The van der Waals surface area contributed by atoms with E-state index in [-0.39, 0.29) is 6.61 Å². The lowest BCUT2D eigenvalue weighted by Crippen LogP contribution is -2.23. The molecule has 28 heavy (non-hydrogen) atoms. The molecule has 0 saturated heterocycles. The number of nitrogens with one attached hydrogen (secondary N) is 1. The summed E-state index contributed by atoms with van der Waals surface area (Å²) in [4.78, 5) is 28.3. The molecule has 1 amide bonds. The van der Waals surface area contributed by atoms with E-state index in [0.717, 1.165) is 26.9 Å². The van der Waals surface area contributed by atoms with Crippen molar-refractivity contribution in [2.24, 2.45) is 0 Å². The summed E-state index contributed by atoms with van der Waals surface area (Å²) in [5.74, 6) is -0.734. The highest BCUT2D eigenvalue weighted by atomic mass is 35.5. The summed E-state index contributed by atoms with van der Waals surface area (Å²) in [5, 5.41) is 3.52. The first-order chi connectivity index (χ1) is 13.3. The first kappa shape index (κ1) is 20.1. The predicted molar refractivity (Wildman–Crippen MR) is 110 cm³/mol. The van der Waals surface area contributed by atoms with Gasteiger partial charge in [-0.3, -0.25) is 10.1 Å². The molecule has 1 heterocycles. The van der Waals surface area contributed by atoms with Crippen molar-refractivity contribution < 1.29 is 19.1 Å². The van der Waals surface area contributed by atoms with Crippen molar-refractivity contribution in [3.05, 3.63) is 52.0 Å². The minimum Gasteiger partial charge on any atom is -0.480 e. The van der Waals surface area contributed by atoms with E-state index in [4.69, 9.17) is 21.1 Å². The van der Waals surface area contributed by atoms with Crippen LogP contribution in [0.15, 0.2) is 30.3 Å². The SMILES string of the molecule is Cc1ccc(Cl)c(OCC(=O)OCC(=O)Nc2nc3c(C)cc(C)cc3s2)c1. The first-order valence-electron chi connectivity index (χ1n) is 8.54. The molecule has 0 radical (unpaired) electrons. The largest absolute Gasteiger partial charge is 0.480 e. The van der Waals surface area contributed by atoms with Crippen LogP contribution in [0.4, 0.5) is 5.13 Å². The number of aromatic nitrogens is 1. The van der Waals surface area contributed by atoms with E-state index in [1.165, 1.54) is 11.3 Å². The number of rotatable bonds is 6. The Balaban J connectivity index is 1.50. The Labute approximate surface area is 171 Å². The molecule has 3 aromatic rings. The topological polar surface area (TPSA) is 77.5 Å². The fraction of sp³-hybridized carbons (Fsp3) is 0.250. The molecule has 0 saturated carbocycles. The number of carbonyl (C=O) groups is 2. The van der Waals surface area contributed by atoms with E-state index in [0.29, 0.717) is 15.9 Å². The van der Waals surface area contributed by atoms with Crippen molar-refractivity contribution in [1.82, 2.24) is 4.98 Å². The molecule has 146 valence electrons. The molecule has 0 aliphatic carbocycles. The van der Waals surface area contributed by atoms with Gasteiger partial charge in [0.1, 0.15) is 5.75 Å². The molecule has 0 unspecified atom stereocenters. The van der Waals surface area contributed by atoms with E-state index < -0.39 is 18.5 Å². The van der Waals surface area contributed by atoms with Crippen LogP contribution in [-0.2, 0) is 14.3 Å². The summed E-state index contributed by atoms with van der Waals surface area (Å²) in [6.45, 7) is 5.11. The number of aryl methyl sites for hydroxylation is 3. The Kier molecular flexibility index (Phi) is 6.16. The Bertz CT molecular complexity index is 1050.